The largest absolute Gasteiger partial charge is 0.507 e. The third-order valence-electron chi connectivity index (χ3n) is 3.63. The molecule has 19 heavy (non-hydrogen) atoms. The zero-order valence-electron chi connectivity index (χ0n) is 10.5. The predicted molar refractivity (Wildman–Crippen MR) is 77.7 cm³/mol. The quantitative estimate of drug-likeness (QED) is 0.826. The van der Waals surface area contributed by atoms with E-state index in [0.717, 1.165) is 36.2 Å². The molecule has 3 N–H and O–H groups in total. The molecule has 2 aliphatic rings. The van der Waals surface area contributed by atoms with E-state index in [1.165, 1.54) is 11.1 Å². The van der Waals surface area contributed by atoms with E-state index in [0.29, 0.717) is 11.6 Å². The first kappa shape index (κ1) is 12.3. The lowest BCUT2D eigenvalue weighted by molar-refractivity contribution is 0.474. The van der Waals surface area contributed by atoms with Crippen molar-refractivity contribution in [2.24, 2.45) is 10.7 Å². The van der Waals surface area contributed by atoms with Crippen molar-refractivity contribution in [2.45, 2.75) is 19.3 Å². The lowest BCUT2D eigenvalue weighted by Crippen LogP contribution is -2.07. The Morgan fingerprint density at radius 1 is 1.21 bits per heavy atom. The molecule has 3 nitrogen and oxygen atoms in total. The van der Waals surface area contributed by atoms with Crippen LogP contribution in [0.4, 0.5) is 0 Å². The molecule has 0 saturated carbocycles. The predicted octanol–water partition coefficient (Wildman–Crippen LogP) is 3.17. The SMILES string of the molecule is NC1=CCN=C(c2ccc(Cl)cc2O)C2=C1CCC2. The number of hydrogen-bond donors (Lipinski definition) is 2. The maximum Gasteiger partial charge on any atom is 0.126 e. The molecule has 0 aromatic heterocycles. The van der Waals surface area contributed by atoms with Crippen LogP contribution in [0, 0.1) is 0 Å². The Morgan fingerprint density at radius 2 is 2.00 bits per heavy atom. The second-order valence-corrected chi connectivity index (χ2v) is 5.26. The van der Waals surface area contributed by atoms with Gasteiger partial charge < -0.3 is 10.8 Å². The van der Waals surface area contributed by atoms with Gasteiger partial charge in [-0.2, -0.15) is 0 Å². The minimum absolute atomic E-state index is 0.172. The summed E-state index contributed by atoms with van der Waals surface area (Å²) in [7, 11) is 0. The van der Waals surface area contributed by atoms with Crippen molar-refractivity contribution < 1.29 is 5.11 Å². The van der Waals surface area contributed by atoms with E-state index >= 15 is 0 Å². The number of phenolic OH excluding ortho intramolecular Hbond substituents is 1. The van der Waals surface area contributed by atoms with Gasteiger partial charge in [0.15, 0.2) is 0 Å². The highest BCUT2D eigenvalue weighted by Crippen LogP contribution is 2.35. The number of aromatic hydroxyl groups is 1. The van der Waals surface area contributed by atoms with E-state index < -0.39 is 0 Å². The van der Waals surface area contributed by atoms with Gasteiger partial charge in [0.2, 0.25) is 0 Å². The standard InChI is InChI=1S/C15H15ClN2O/c16-9-4-5-12(14(19)8-9)15-11-3-1-2-10(11)13(17)6-7-18-15/h4-6,8,19H,1-3,7,17H2. The number of benzene rings is 1. The molecule has 3 rings (SSSR count). The van der Waals surface area contributed by atoms with Gasteiger partial charge in [0.05, 0.1) is 12.3 Å². The summed E-state index contributed by atoms with van der Waals surface area (Å²) in [5.74, 6) is 0.172. The first-order valence-electron chi connectivity index (χ1n) is 6.38. The van der Waals surface area contributed by atoms with Crippen LogP contribution in [0.2, 0.25) is 5.02 Å². The number of aliphatic imine (C=N–C) groups is 1. The number of nitrogens with two attached hydrogens (primary N) is 1. The smallest absolute Gasteiger partial charge is 0.126 e. The number of rotatable bonds is 1. The zero-order chi connectivity index (χ0) is 13.4. The highest BCUT2D eigenvalue weighted by atomic mass is 35.5. The van der Waals surface area contributed by atoms with Gasteiger partial charge in [-0.25, -0.2) is 0 Å². The molecule has 0 bridgehead atoms. The fourth-order valence-corrected chi connectivity index (χ4v) is 2.90. The average Bonchev–Trinajstić information content (AvgIpc) is 2.79. The molecule has 98 valence electrons. The molecule has 0 spiro atoms. The lowest BCUT2D eigenvalue weighted by Gasteiger charge is -2.11. The highest BCUT2D eigenvalue weighted by molar-refractivity contribution is 6.31. The molecule has 1 aliphatic heterocycles. The van der Waals surface area contributed by atoms with Crippen molar-refractivity contribution in [3.8, 4) is 5.75 Å². The molecule has 1 aromatic rings. The van der Waals surface area contributed by atoms with Crippen molar-refractivity contribution in [3.05, 3.63) is 51.7 Å². The molecule has 0 fully saturated rings. The molecular formula is C15H15ClN2O. The van der Waals surface area contributed by atoms with Crippen molar-refractivity contribution in [3.63, 3.8) is 0 Å². The van der Waals surface area contributed by atoms with Crippen LogP contribution in [0.1, 0.15) is 24.8 Å². The van der Waals surface area contributed by atoms with Gasteiger partial charge in [0.25, 0.3) is 0 Å². The van der Waals surface area contributed by atoms with E-state index in [9.17, 15) is 5.11 Å². The average molecular weight is 275 g/mol. The summed E-state index contributed by atoms with van der Waals surface area (Å²) in [5.41, 5.74) is 10.9. The van der Waals surface area contributed by atoms with E-state index in [-0.39, 0.29) is 5.75 Å². The second-order valence-electron chi connectivity index (χ2n) is 4.82. The Labute approximate surface area is 117 Å². The van der Waals surface area contributed by atoms with Gasteiger partial charge in [-0.1, -0.05) is 11.6 Å². The number of halogens is 1. The Kier molecular flexibility index (Phi) is 3.07. The van der Waals surface area contributed by atoms with E-state index in [1.807, 2.05) is 12.1 Å². The molecule has 0 atom stereocenters. The van der Waals surface area contributed by atoms with E-state index in [4.69, 9.17) is 17.3 Å². The van der Waals surface area contributed by atoms with Crippen molar-refractivity contribution in [1.82, 2.24) is 0 Å². The van der Waals surface area contributed by atoms with E-state index in [1.54, 1.807) is 12.1 Å². The highest BCUT2D eigenvalue weighted by Gasteiger charge is 2.24. The summed E-state index contributed by atoms with van der Waals surface area (Å²) in [6.45, 7) is 0.552. The normalized spacial score (nSPS) is 18.8. The van der Waals surface area contributed by atoms with Gasteiger partial charge in [0, 0.05) is 16.3 Å². The Morgan fingerprint density at radius 3 is 2.79 bits per heavy atom. The van der Waals surface area contributed by atoms with Gasteiger partial charge in [-0.05, 0) is 54.7 Å². The second kappa shape index (κ2) is 4.74. The minimum Gasteiger partial charge on any atom is -0.507 e. The molecule has 0 saturated heterocycles. The maximum absolute atomic E-state index is 10.1. The van der Waals surface area contributed by atoms with Crippen molar-refractivity contribution >= 4 is 17.3 Å². The lowest BCUT2D eigenvalue weighted by atomic mass is 9.98. The van der Waals surface area contributed by atoms with Crippen LogP contribution in [0.5, 0.6) is 5.75 Å². The molecule has 1 aromatic carbocycles. The Balaban J connectivity index is 2.12. The van der Waals surface area contributed by atoms with Gasteiger partial charge >= 0.3 is 0 Å². The summed E-state index contributed by atoms with van der Waals surface area (Å²) < 4.78 is 0. The van der Waals surface area contributed by atoms with Gasteiger partial charge in [0.1, 0.15) is 5.75 Å². The fourth-order valence-electron chi connectivity index (χ4n) is 2.73. The minimum atomic E-state index is 0.172. The van der Waals surface area contributed by atoms with Crippen LogP contribution >= 0.6 is 11.6 Å². The summed E-state index contributed by atoms with van der Waals surface area (Å²) in [6, 6.07) is 5.15. The summed E-state index contributed by atoms with van der Waals surface area (Å²) in [4.78, 5) is 4.58. The maximum atomic E-state index is 10.1. The van der Waals surface area contributed by atoms with Crippen LogP contribution < -0.4 is 5.73 Å². The Hall–Kier alpha value is -1.74. The molecular weight excluding hydrogens is 260 g/mol. The zero-order valence-corrected chi connectivity index (χ0v) is 11.2. The van der Waals surface area contributed by atoms with Crippen LogP contribution in [-0.2, 0) is 0 Å². The number of nitrogens with zero attached hydrogens (tertiary/aromatic N) is 1. The Bertz CT molecular complexity index is 629. The molecule has 4 heteroatoms. The number of allylic oxidation sites excluding steroid dienone is 2. The monoisotopic (exact) mass is 274 g/mol. The molecule has 1 heterocycles. The fraction of sp³-hybridized carbons (Fsp3) is 0.267. The van der Waals surface area contributed by atoms with Crippen LogP contribution in [0.3, 0.4) is 0 Å². The first-order valence-corrected chi connectivity index (χ1v) is 6.76. The third kappa shape index (κ3) is 2.15. The van der Waals surface area contributed by atoms with Gasteiger partial charge in [-0.15, -0.1) is 0 Å². The molecule has 0 amide bonds. The van der Waals surface area contributed by atoms with Gasteiger partial charge in [-0.3, -0.25) is 4.99 Å². The van der Waals surface area contributed by atoms with Crippen molar-refractivity contribution in [2.75, 3.05) is 6.54 Å². The van der Waals surface area contributed by atoms with Crippen molar-refractivity contribution in [1.29, 1.82) is 0 Å². The summed E-state index contributed by atoms with van der Waals surface area (Å²) in [5, 5.41) is 10.6. The molecule has 0 unspecified atom stereocenters. The van der Waals surface area contributed by atoms with Crippen LogP contribution in [-0.4, -0.2) is 17.4 Å². The van der Waals surface area contributed by atoms with Crippen LogP contribution in [0.25, 0.3) is 0 Å². The molecule has 1 aliphatic carbocycles. The summed E-state index contributed by atoms with van der Waals surface area (Å²) in [6.07, 6.45) is 4.99. The first-order chi connectivity index (χ1) is 9.16. The molecule has 0 radical (unpaired) electrons. The topological polar surface area (TPSA) is 58.6 Å². The van der Waals surface area contributed by atoms with E-state index in [2.05, 4.69) is 4.99 Å². The third-order valence-corrected chi connectivity index (χ3v) is 3.86. The number of hydrogen-bond acceptors (Lipinski definition) is 3. The number of phenols is 1. The van der Waals surface area contributed by atoms with Crippen LogP contribution in [0.15, 0.2) is 46.1 Å². The summed E-state index contributed by atoms with van der Waals surface area (Å²) >= 11 is 5.88.